The largest absolute Gasteiger partial charge is 0.472 e. The van der Waals surface area contributed by atoms with Crippen LogP contribution < -0.4 is 4.74 Å². The maximum atomic E-state index is 5.68. The van der Waals surface area contributed by atoms with E-state index in [1.165, 1.54) is 0 Å². The smallest absolute Gasteiger partial charge is 0.218 e. The minimum Gasteiger partial charge on any atom is -0.472 e. The van der Waals surface area contributed by atoms with Gasteiger partial charge in [0.2, 0.25) is 5.88 Å². The van der Waals surface area contributed by atoms with Crippen LogP contribution in [0.3, 0.4) is 0 Å². The number of nitrogens with zero attached hydrogens (tertiary/aromatic N) is 2. The van der Waals surface area contributed by atoms with Gasteiger partial charge in [0, 0.05) is 19.1 Å². The Balaban J connectivity index is 2.63. The Morgan fingerprint density at radius 3 is 2.76 bits per heavy atom. The standard InChI is InChI=1S/C12H19BrN2O2/c1-4-6-11-14-10(13)7-12(15-11)17-9(3)8-16-5-2/h7,9H,4-6,8H2,1-3H3. The Bertz CT molecular complexity index is 347. The van der Waals surface area contributed by atoms with Gasteiger partial charge in [-0.2, -0.15) is 4.98 Å². The van der Waals surface area contributed by atoms with Crippen molar-refractivity contribution < 1.29 is 9.47 Å². The SMILES string of the molecule is CCCc1nc(Br)cc(OC(C)COCC)n1. The van der Waals surface area contributed by atoms with Crippen molar-refractivity contribution in [3.05, 3.63) is 16.5 Å². The van der Waals surface area contributed by atoms with Gasteiger partial charge in [-0.25, -0.2) is 4.98 Å². The molecule has 1 rings (SSSR count). The van der Waals surface area contributed by atoms with Crippen molar-refractivity contribution in [3.8, 4) is 5.88 Å². The van der Waals surface area contributed by atoms with Gasteiger partial charge in [-0.3, -0.25) is 0 Å². The van der Waals surface area contributed by atoms with Gasteiger partial charge < -0.3 is 9.47 Å². The van der Waals surface area contributed by atoms with Crippen molar-refractivity contribution in [1.29, 1.82) is 0 Å². The third-order valence-electron chi connectivity index (χ3n) is 2.07. The summed E-state index contributed by atoms with van der Waals surface area (Å²) in [7, 11) is 0. The van der Waals surface area contributed by atoms with E-state index in [4.69, 9.17) is 9.47 Å². The lowest BCUT2D eigenvalue weighted by Gasteiger charge is -2.14. The van der Waals surface area contributed by atoms with E-state index >= 15 is 0 Å². The van der Waals surface area contributed by atoms with E-state index in [0.29, 0.717) is 19.1 Å². The van der Waals surface area contributed by atoms with E-state index < -0.39 is 0 Å². The first-order valence-corrected chi connectivity index (χ1v) is 6.72. The quantitative estimate of drug-likeness (QED) is 0.726. The third-order valence-corrected chi connectivity index (χ3v) is 2.48. The van der Waals surface area contributed by atoms with Crippen LogP contribution in [0.15, 0.2) is 10.7 Å². The van der Waals surface area contributed by atoms with Crippen LogP contribution in [0.1, 0.15) is 33.0 Å². The van der Waals surface area contributed by atoms with Crippen molar-refractivity contribution >= 4 is 15.9 Å². The highest BCUT2D eigenvalue weighted by atomic mass is 79.9. The number of rotatable bonds is 7. The van der Waals surface area contributed by atoms with E-state index in [-0.39, 0.29) is 6.10 Å². The molecule has 1 atom stereocenters. The molecule has 17 heavy (non-hydrogen) atoms. The fourth-order valence-electron chi connectivity index (χ4n) is 1.36. The molecule has 1 unspecified atom stereocenters. The minimum absolute atomic E-state index is 0.00812. The van der Waals surface area contributed by atoms with Crippen LogP contribution in [0.2, 0.25) is 0 Å². The van der Waals surface area contributed by atoms with Crippen LogP contribution in [-0.2, 0) is 11.2 Å². The first-order valence-electron chi connectivity index (χ1n) is 5.93. The molecule has 0 spiro atoms. The molecule has 0 saturated carbocycles. The fraction of sp³-hybridized carbons (Fsp3) is 0.667. The molecule has 0 N–H and O–H groups in total. The number of aromatic nitrogens is 2. The molecule has 0 aliphatic heterocycles. The molecule has 0 aliphatic carbocycles. The molecule has 5 heteroatoms. The lowest BCUT2D eigenvalue weighted by molar-refractivity contribution is 0.0631. The normalized spacial score (nSPS) is 12.5. The summed E-state index contributed by atoms with van der Waals surface area (Å²) in [6, 6.07) is 1.78. The topological polar surface area (TPSA) is 44.2 Å². The molecule has 0 saturated heterocycles. The van der Waals surface area contributed by atoms with Gasteiger partial charge >= 0.3 is 0 Å². The molecule has 0 aromatic carbocycles. The van der Waals surface area contributed by atoms with Gasteiger partial charge in [-0.05, 0) is 36.2 Å². The van der Waals surface area contributed by atoms with Crippen molar-refractivity contribution in [2.75, 3.05) is 13.2 Å². The molecule has 0 amide bonds. The molecule has 96 valence electrons. The second-order valence-electron chi connectivity index (χ2n) is 3.78. The molecule has 0 bridgehead atoms. The van der Waals surface area contributed by atoms with E-state index in [1.807, 2.05) is 13.8 Å². The Morgan fingerprint density at radius 2 is 2.12 bits per heavy atom. The molecule has 1 aromatic heterocycles. The summed E-state index contributed by atoms with van der Waals surface area (Å²) in [5, 5.41) is 0. The zero-order chi connectivity index (χ0) is 12.7. The summed E-state index contributed by atoms with van der Waals surface area (Å²) in [4.78, 5) is 8.64. The van der Waals surface area contributed by atoms with E-state index in [2.05, 4.69) is 32.8 Å². The number of aryl methyl sites for hydroxylation is 1. The van der Waals surface area contributed by atoms with Crippen molar-refractivity contribution in [2.45, 2.75) is 39.7 Å². The summed E-state index contributed by atoms with van der Waals surface area (Å²) in [6.07, 6.45) is 1.87. The van der Waals surface area contributed by atoms with E-state index in [1.54, 1.807) is 6.07 Å². The summed E-state index contributed by atoms with van der Waals surface area (Å²) >= 11 is 3.36. The van der Waals surface area contributed by atoms with Crippen LogP contribution in [-0.4, -0.2) is 29.3 Å². The summed E-state index contributed by atoms with van der Waals surface area (Å²) in [6.45, 7) is 7.30. The first kappa shape index (κ1) is 14.4. The summed E-state index contributed by atoms with van der Waals surface area (Å²) in [5.41, 5.74) is 0. The van der Waals surface area contributed by atoms with Gasteiger partial charge in [0.25, 0.3) is 0 Å². The van der Waals surface area contributed by atoms with E-state index in [0.717, 1.165) is 23.3 Å². The minimum atomic E-state index is -0.00812. The lowest BCUT2D eigenvalue weighted by Crippen LogP contribution is -2.20. The molecule has 0 aliphatic rings. The predicted molar refractivity (Wildman–Crippen MR) is 70.3 cm³/mol. The monoisotopic (exact) mass is 302 g/mol. The van der Waals surface area contributed by atoms with Gasteiger partial charge in [-0.1, -0.05) is 6.92 Å². The summed E-state index contributed by atoms with van der Waals surface area (Å²) in [5.74, 6) is 1.41. The molecular weight excluding hydrogens is 284 g/mol. The highest BCUT2D eigenvalue weighted by molar-refractivity contribution is 9.10. The van der Waals surface area contributed by atoms with Crippen molar-refractivity contribution in [3.63, 3.8) is 0 Å². The second-order valence-corrected chi connectivity index (χ2v) is 4.60. The second kappa shape index (κ2) is 7.61. The van der Waals surface area contributed by atoms with E-state index in [9.17, 15) is 0 Å². The zero-order valence-electron chi connectivity index (χ0n) is 10.6. The van der Waals surface area contributed by atoms with Crippen LogP contribution in [0, 0.1) is 0 Å². The van der Waals surface area contributed by atoms with Crippen molar-refractivity contribution in [2.24, 2.45) is 0 Å². The van der Waals surface area contributed by atoms with Gasteiger partial charge in [-0.15, -0.1) is 0 Å². The summed E-state index contributed by atoms with van der Waals surface area (Å²) < 4.78 is 11.7. The maximum Gasteiger partial charge on any atom is 0.218 e. The average Bonchev–Trinajstić information content (AvgIpc) is 2.26. The van der Waals surface area contributed by atoms with Crippen LogP contribution >= 0.6 is 15.9 Å². The first-order chi connectivity index (χ1) is 8.15. The fourth-order valence-corrected chi connectivity index (χ4v) is 1.76. The van der Waals surface area contributed by atoms with Gasteiger partial charge in [0.05, 0.1) is 6.61 Å². The maximum absolute atomic E-state index is 5.68. The Hall–Kier alpha value is -0.680. The molecule has 1 heterocycles. The highest BCUT2D eigenvalue weighted by Gasteiger charge is 2.08. The Labute approximate surface area is 111 Å². The van der Waals surface area contributed by atoms with Crippen LogP contribution in [0.5, 0.6) is 5.88 Å². The number of hydrogen-bond donors (Lipinski definition) is 0. The highest BCUT2D eigenvalue weighted by Crippen LogP contribution is 2.16. The number of halogens is 1. The number of hydrogen-bond acceptors (Lipinski definition) is 4. The van der Waals surface area contributed by atoms with Crippen LogP contribution in [0.25, 0.3) is 0 Å². The zero-order valence-corrected chi connectivity index (χ0v) is 12.2. The molecule has 1 aromatic rings. The third kappa shape index (κ3) is 5.46. The van der Waals surface area contributed by atoms with Gasteiger partial charge in [0.1, 0.15) is 16.5 Å². The van der Waals surface area contributed by atoms with Crippen molar-refractivity contribution in [1.82, 2.24) is 9.97 Å². The Morgan fingerprint density at radius 1 is 1.35 bits per heavy atom. The molecular formula is C12H19BrN2O2. The Kier molecular flexibility index (Phi) is 6.44. The van der Waals surface area contributed by atoms with Gasteiger partial charge in [0.15, 0.2) is 0 Å². The molecule has 0 fully saturated rings. The molecule has 4 nitrogen and oxygen atoms in total. The molecule has 0 radical (unpaired) electrons. The number of ether oxygens (including phenoxy) is 2. The average molecular weight is 303 g/mol. The lowest BCUT2D eigenvalue weighted by atomic mass is 10.3. The van der Waals surface area contributed by atoms with Crippen LogP contribution in [0.4, 0.5) is 0 Å². The predicted octanol–water partition coefficient (Wildman–Crippen LogP) is 3.00.